The van der Waals surface area contributed by atoms with Crippen molar-refractivity contribution in [3.05, 3.63) is 71.8 Å². The molecule has 0 aliphatic carbocycles. The molecule has 1 unspecified atom stereocenters. The Kier molecular flexibility index (Phi) is 4.47. The number of oxime groups is 1. The fraction of sp³-hybridized carbons (Fsp3) is 0.167. The van der Waals surface area contributed by atoms with E-state index in [1.807, 2.05) is 36.4 Å². The minimum Gasteiger partial charge on any atom is -0.458 e. The van der Waals surface area contributed by atoms with Crippen LogP contribution in [0.25, 0.3) is 0 Å². The van der Waals surface area contributed by atoms with Crippen LogP contribution in [0.3, 0.4) is 0 Å². The van der Waals surface area contributed by atoms with E-state index in [1.165, 1.54) is 0 Å². The van der Waals surface area contributed by atoms with Crippen LogP contribution in [0.4, 0.5) is 0 Å². The smallest absolute Gasteiger partial charge is 0.350 e. The Morgan fingerprint density at radius 1 is 1.04 bits per heavy atom. The second-order valence-corrected chi connectivity index (χ2v) is 5.12. The lowest BCUT2D eigenvalue weighted by atomic mass is 10.0. The summed E-state index contributed by atoms with van der Waals surface area (Å²) in [5.41, 5.74) is 1.64. The van der Waals surface area contributed by atoms with Crippen molar-refractivity contribution >= 4 is 17.5 Å². The molecule has 0 spiro atoms. The maximum absolute atomic E-state index is 12.2. The Balaban J connectivity index is 1.54. The molecular formula is C18H15NO4. The standard InChI is InChI=1S/C18H15NO4/c20-17(14-9-5-2-6-10-14)15-11-16(23-19-15)18(21)22-12-13-7-3-1-4-8-13/h1-10,16H,11-12H2. The fourth-order valence-corrected chi connectivity index (χ4v) is 2.22. The Bertz CT molecular complexity index is 725. The van der Waals surface area contributed by atoms with Gasteiger partial charge in [-0.3, -0.25) is 4.79 Å². The summed E-state index contributed by atoms with van der Waals surface area (Å²) in [6.45, 7) is 0.168. The Labute approximate surface area is 133 Å². The molecule has 0 radical (unpaired) electrons. The summed E-state index contributed by atoms with van der Waals surface area (Å²) in [7, 11) is 0. The highest BCUT2D eigenvalue weighted by atomic mass is 16.7. The van der Waals surface area contributed by atoms with Gasteiger partial charge < -0.3 is 9.57 Å². The van der Waals surface area contributed by atoms with Gasteiger partial charge in [0, 0.05) is 12.0 Å². The van der Waals surface area contributed by atoms with Gasteiger partial charge in [0.25, 0.3) is 0 Å². The number of hydrogen-bond acceptors (Lipinski definition) is 5. The van der Waals surface area contributed by atoms with Crippen molar-refractivity contribution in [2.45, 2.75) is 19.1 Å². The number of esters is 1. The molecule has 0 amide bonds. The highest BCUT2D eigenvalue weighted by molar-refractivity contribution is 6.46. The van der Waals surface area contributed by atoms with Gasteiger partial charge in [-0.25, -0.2) is 4.79 Å². The average Bonchev–Trinajstić information content (AvgIpc) is 3.11. The molecule has 1 aliphatic rings. The largest absolute Gasteiger partial charge is 0.458 e. The normalized spacial score (nSPS) is 16.3. The minimum absolute atomic E-state index is 0.126. The van der Waals surface area contributed by atoms with E-state index in [9.17, 15) is 9.59 Å². The van der Waals surface area contributed by atoms with Gasteiger partial charge in [-0.2, -0.15) is 0 Å². The molecule has 0 N–H and O–H groups in total. The zero-order valence-electron chi connectivity index (χ0n) is 12.3. The molecule has 2 aromatic rings. The Morgan fingerprint density at radius 2 is 1.70 bits per heavy atom. The number of hydrogen-bond donors (Lipinski definition) is 0. The van der Waals surface area contributed by atoms with Crippen molar-refractivity contribution in [1.29, 1.82) is 0 Å². The number of Topliss-reactive ketones (excluding diaryl/α,β-unsaturated/α-hetero) is 1. The number of carbonyl (C=O) groups is 2. The van der Waals surface area contributed by atoms with Gasteiger partial charge in [0.15, 0.2) is 0 Å². The summed E-state index contributed by atoms with van der Waals surface area (Å²) in [6.07, 6.45) is -0.733. The van der Waals surface area contributed by atoms with Gasteiger partial charge in [0.1, 0.15) is 12.3 Å². The molecule has 5 nitrogen and oxygen atoms in total. The van der Waals surface area contributed by atoms with Crippen LogP contribution in [0.15, 0.2) is 65.8 Å². The predicted octanol–water partition coefficient (Wildman–Crippen LogP) is 2.76. The first-order valence-corrected chi connectivity index (χ1v) is 7.27. The molecule has 23 heavy (non-hydrogen) atoms. The molecule has 116 valence electrons. The highest BCUT2D eigenvalue weighted by Gasteiger charge is 2.33. The zero-order valence-corrected chi connectivity index (χ0v) is 12.3. The molecule has 0 saturated carbocycles. The van der Waals surface area contributed by atoms with E-state index in [1.54, 1.807) is 24.3 Å². The third-order valence-corrected chi connectivity index (χ3v) is 3.45. The second-order valence-electron chi connectivity index (χ2n) is 5.12. The van der Waals surface area contributed by atoms with E-state index in [4.69, 9.17) is 9.57 Å². The van der Waals surface area contributed by atoms with Crippen LogP contribution in [0.2, 0.25) is 0 Å². The van der Waals surface area contributed by atoms with Crippen LogP contribution in [0, 0.1) is 0 Å². The quantitative estimate of drug-likeness (QED) is 0.629. The van der Waals surface area contributed by atoms with Gasteiger partial charge in [0.05, 0.1) is 0 Å². The summed E-state index contributed by atoms with van der Waals surface area (Å²) in [5, 5.41) is 3.74. The Morgan fingerprint density at radius 3 is 2.39 bits per heavy atom. The third-order valence-electron chi connectivity index (χ3n) is 3.45. The van der Waals surface area contributed by atoms with Crippen LogP contribution < -0.4 is 0 Å². The number of rotatable bonds is 5. The average molecular weight is 309 g/mol. The highest BCUT2D eigenvalue weighted by Crippen LogP contribution is 2.16. The fourth-order valence-electron chi connectivity index (χ4n) is 2.22. The van der Waals surface area contributed by atoms with Gasteiger partial charge in [0.2, 0.25) is 11.9 Å². The van der Waals surface area contributed by atoms with Crippen LogP contribution >= 0.6 is 0 Å². The van der Waals surface area contributed by atoms with E-state index in [2.05, 4.69) is 5.16 Å². The number of benzene rings is 2. The number of ether oxygens (including phenoxy) is 1. The maximum atomic E-state index is 12.2. The first kappa shape index (κ1) is 15.0. The molecule has 0 saturated heterocycles. The molecule has 0 fully saturated rings. The predicted molar refractivity (Wildman–Crippen MR) is 83.9 cm³/mol. The molecule has 1 aliphatic heterocycles. The third kappa shape index (κ3) is 3.63. The van der Waals surface area contributed by atoms with Crippen molar-refractivity contribution in [1.82, 2.24) is 0 Å². The summed E-state index contributed by atoms with van der Waals surface area (Å²) < 4.78 is 5.20. The summed E-state index contributed by atoms with van der Waals surface area (Å²) >= 11 is 0. The molecule has 0 aromatic heterocycles. The monoisotopic (exact) mass is 309 g/mol. The van der Waals surface area contributed by atoms with E-state index in [-0.39, 0.29) is 24.5 Å². The van der Waals surface area contributed by atoms with Crippen molar-refractivity contribution in [3.8, 4) is 0 Å². The molecular weight excluding hydrogens is 294 g/mol. The molecule has 3 rings (SSSR count). The maximum Gasteiger partial charge on any atom is 0.350 e. The Hall–Kier alpha value is -2.95. The van der Waals surface area contributed by atoms with Gasteiger partial charge in [-0.1, -0.05) is 65.8 Å². The van der Waals surface area contributed by atoms with Crippen LogP contribution in [0.1, 0.15) is 22.3 Å². The lowest BCUT2D eigenvalue weighted by molar-refractivity contribution is -0.156. The van der Waals surface area contributed by atoms with E-state index in [0.717, 1.165) is 5.56 Å². The molecule has 1 heterocycles. The van der Waals surface area contributed by atoms with Crippen LogP contribution in [0.5, 0.6) is 0 Å². The summed E-state index contributed by atoms with van der Waals surface area (Å²) in [5.74, 6) is -0.752. The van der Waals surface area contributed by atoms with Gasteiger partial charge in [-0.05, 0) is 5.56 Å². The molecule has 1 atom stereocenters. The lowest BCUT2D eigenvalue weighted by Crippen LogP contribution is -2.25. The SMILES string of the molecule is O=C(C1=NOC(C(=O)OCc2ccccc2)C1)c1ccccc1. The topological polar surface area (TPSA) is 65.0 Å². The first-order chi connectivity index (χ1) is 11.2. The summed E-state index contributed by atoms with van der Waals surface area (Å²) in [4.78, 5) is 29.3. The van der Waals surface area contributed by atoms with Crippen molar-refractivity contribution in [3.63, 3.8) is 0 Å². The summed E-state index contributed by atoms with van der Waals surface area (Å²) in [6, 6.07) is 18.1. The molecule has 2 aromatic carbocycles. The second kappa shape index (κ2) is 6.87. The van der Waals surface area contributed by atoms with Gasteiger partial charge in [-0.15, -0.1) is 0 Å². The zero-order chi connectivity index (χ0) is 16.1. The number of nitrogens with zero attached hydrogens (tertiary/aromatic N) is 1. The number of carbonyl (C=O) groups excluding carboxylic acids is 2. The van der Waals surface area contributed by atoms with Crippen LogP contribution in [-0.4, -0.2) is 23.6 Å². The number of ketones is 1. The molecule has 0 bridgehead atoms. The van der Waals surface area contributed by atoms with Gasteiger partial charge >= 0.3 is 5.97 Å². The molecule has 5 heteroatoms. The minimum atomic E-state index is -0.860. The van der Waals surface area contributed by atoms with E-state index in [0.29, 0.717) is 5.56 Å². The van der Waals surface area contributed by atoms with Crippen molar-refractivity contribution in [2.75, 3.05) is 0 Å². The lowest BCUT2D eigenvalue weighted by Gasteiger charge is -2.08. The first-order valence-electron chi connectivity index (χ1n) is 7.27. The van der Waals surface area contributed by atoms with Crippen molar-refractivity contribution < 1.29 is 19.2 Å². The van der Waals surface area contributed by atoms with E-state index >= 15 is 0 Å². The van der Waals surface area contributed by atoms with E-state index < -0.39 is 12.1 Å². The van der Waals surface area contributed by atoms with Crippen LogP contribution in [-0.2, 0) is 21.0 Å². The van der Waals surface area contributed by atoms with Crippen molar-refractivity contribution in [2.24, 2.45) is 5.16 Å².